The van der Waals surface area contributed by atoms with Crippen LogP contribution in [0.5, 0.6) is 5.75 Å². The second-order valence-electron chi connectivity index (χ2n) is 4.26. The van der Waals surface area contributed by atoms with E-state index in [9.17, 15) is 13.9 Å². The third kappa shape index (κ3) is 3.92. The van der Waals surface area contributed by atoms with Crippen molar-refractivity contribution in [1.82, 2.24) is 10.2 Å². The molecule has 7 heteroatoms. The lowest BCUT2D eigenvalue weighted by Gasteiger charge is -2.33. The number of piperazine rings is 1. The average Bonchev–Trinajstić information content (AvgIpc) is 2.36. The van der Waals surface area contributed by atoms with Gasteiger partial charge in [-0.1, -0.05) is 6.07 Å². The first-order valence-corrected chi connectivity index (χ1v) is 5.73. The largest absolute Gasteiger partial charge is 0.505 e. The van der Waals surface area contributed by atoms with E-state index >= 15 is 0 Å². The van der Waals surface area contributed by atoms with E-state index < -0.39 is 17.4 Å². The zero-order valence-electron chi connectivity index (χ0n) is 10.5. The number of hydrogen-bond acceptors (Lipinski definition) is 3. The molecule has 0 aromatic heterocycles. The zero-order chi connectivity index (χ0) is 12.4. The van der Waals surface area contributed by atoms with Gasteiger partial charge in [-0.05, 0) is 13.0 Å². The molecular weight excluding hydrogens is 297 g/mol. The van der Waals surface area contributed by atoms with Crippen molar-refractivity contribution in [2.45, 2.75) is 13.0 Å². The molecule has 2 rings (SSSR count). The summed E-state index contributed by atoms with van der Waals surface area (Å²) in [5, 5.41) is 12.8. The highest BCUT2D eigenvalue weighted by Gasteiger charge is 2.23. The molecule has 0 bridgehead atoms. The summed E-state index contributed by atoms with van der Waals surface area (Å²) in [6.07, 6.45) is 0. The van der Waals surface area contributed by atoms with Crippen LogP contribution in [0.3, 0.4) is 0 Å². The lowest BCUT2D eigenvalue weighted by atomic mass is 10.0. The molecule has 19 heavy (non-hydrogen) atoms. The molecule has 1 fully saturated rings. The molecule has 1 aliphatic heterocycles. The monoisotopic (exact) mass is 314 g/mol. The molecule has 1 aromatic carbocycles. The number of rotatable bonds is 2. The number of halogens is 4. The fourth-order valence-corrected chi connectivity index (χ4v) is 2.16. The van der Waals surface area contributed by atoms with Gasteiger partial charge in [0.1, 0.15) is 0 Å². The Morgan fingerprint density at radius 3 is 2.37 bits per heavy atom. The van der Waals surface area contributed by atoms with Crippen LogP contribution in [0.1, 0.15) is 18.5 Å². The number of phenols is 1. The number of phenolic OH excluding ortho intramolecular Hbond substituents is 1. The Kier molecular flexibility index (Phi) is 7.59. The van der Waals surface area contributed by atoms with Gasteiger partial charge < -0.3 is 10.4 Å². The molecule has 0 saturated carbocycles. The standard InChI is InChI=1S/C12H16F2N2O.2ClH/c1-8(16-6-4-15-5-7-16)9-2-3-10(13)11(14)12(9)17;;/h2-3,8,15,17H,4-7H2,1H3;2*1H/t8-;;/m0../s1. The van der Waals surface area contributed by atoms with Crippen LogP contribution < -0.4 is 5.32 Å². The van der Waals surface area contributed by atoms with Crippen LogP contribution in [0, 0.1) is 11.6 Å². The number of nitrogens with one attached hydrogen (secondary N) is 1. The third-order valence-electron chi connectivity index (χ3n) is 3.25. The van der Waals surface area contributed by atoms with Crippen molar-refractivity contribution < 1.29 is 13.9 Å². The highest BCUT2D eigenvalue weighted by atomic mass is 35.5. The SMILES string of the molecule is C[C@@H](c1ccc(F)c(F)c1O)N1CCNCC1.Cl.Cl. The number of benzene rings is 1. The molecule has 1 aliphatic rings. The minimum atomic E-state index is -1.16. The first-order valence-electron chi connectivity index (χ1n) is 5.73. The van der Waals surface area contributed by atoms with E-state index in [-0.39, 0.29) is 30.9 Å². The maximum Gasteiger partial charge on any atom is 0.200 e. The molecule has 3 nitrogen and oxygen atoms in total. The van der Waals surface area contributed by atoms with Gasteiger partial charge in [-0.15, -0.1) is 24.8 Å². The van der Waals surface area contributed by atoms with Crippen molar-refractivity contribution in [1.29, 1.82) is 0 Å². The average molecular weight is 315 g/mol. The van der Waals surface area contributed by atoms with Crippen molar-refractivity contribution >= 4 is 24.8 Å². The summed E-state index contributed by atoms with van der Waals surface area (Å²) in [5.74, 6) is -2.75. The Hall–Kier alpha value is -0.620. The molecule has 0 aliphatic carbocycles. The molecule has 0 unspecified atom stereocenters. The predicted molar refractivity (Wildman–Crippen MR) is 75.4 cm³/mol. The van der Waals surface area contributed by atoms with E-state index in [1.54, 1.807) is 0 Å². The van der Waals surface area contributed by atoms with E-state index in [0.717, 1.165) is 32.2 Å². The number of nitrogens with zero attached hydrogens (tertiary/aromatic N) is 1. The highest BCUT2D eigenvalue weighted by molar-refractivity contribution is 5.85. The van der Waals surface area contributed by atoms with E-state index in [2.05, 4.69) is 10.2 Å². The van der Waals surface area contributed by atoms with E-state index in [1.807, 2.05) is 6.92 Å². The maximum absolute atomic E-state index is 13.3. The van der Waals surface area contributed by atoms with Crippen molar-refractivity contribution in [3.8, 4) is 5.75 Å². The molecule has 1 heterocycles. The van der Waals surface area contributed by atoms with Crippen LogP contribution in [0.25, 0.3) is 0 Å². The lowest BCUT2D eigenvalue weighted by molar-refractivity contribution is 0.182. The Labute approximate surface area is 123 Å². The van der Waals surface area contributed by atoms with Crippen LogP contribution in [0.15, 0.2) is 12.1 Å². The summed E-state index contributed by atoms with van der Waals surface area (Å²) in [4.78, 5) is 2.13. The second-order valence-corrected chi connectivity index (χ2v) is 4.26. The van der Waals surface area contributed by atoms with Gasteiger partial charge in [-0.2, -0.15) is 4.39 Å². The van der Waals surface area contributed by atoms with Gasteiger partial charge in [0, 0.05) is 37.8 Å². The van der Waals surface area contributed by atoms with Crippen molar-refractivity contribution in [3.63, 3.8) is 0 Å². The van der Waals surface area contributed by atoms with Gasteiger partial charge in [0.15, 0.2) is 11.6 Å². The van der Waals surface area contributed by atoms with Crippen molar-refractivity contribution in [2.75, 3.05) is 26.2 Å². The van der Waals surface area contributed by atoms with Crippen LogP contribution in [0.2, 0.25) is 0 Å². The topological polar surface area (TPSA) is 35.5 Å². The van der Waals surface area contributed by atoms with Crippen molar-refractivity contribution in [3.05, 3.63) is 29.3 Å². The van der Waals surface area contributed by atoms with Gasteiger partial charge in [0.25, 0.3) is 0 Å². The Morgan fingerprint density at radius 2 is 1.79 bits per heavy atom. The third-order valence-corrected chi connectivity index (χ3v) is 3.25. The molecule has 1 aromatic rings. The highest BCUT2D eigenvalue weighted by Crippen LogP contribution is 2.31. The predicted octanol–water partition coefficient (Wildman–Crippen LogP) is 2.48. The number of aromatic hydroxyl groups is 1. The van der Waals surface area contributed by atoms with Gasteiger partial charge in [0.05, 0.1) is 0 Å². The van der Waals surface area contributed by atoms with E-state index in [1.165, 1.54) is 6.07 Å². The Morgan fingerprint density at radius 1 is 1.21 bits per heavy atom. The molecule has 2 N–H and O–H groups in total. The summed E-state index contributed by atoms with van der Waals surface area (Å²) in [6, 6.07) is 2.39. The van der Waals surface area contributed by atoms with Gasteiger partial charge >= 0.3 is 0 Å². The molecule has 1 atom stereocenters. The van der Waals surface area contributed by atoms with Crippen LogP contribution >= 0.6 is 24.8 Å². The van der Waals surface area contributed by atoms with E-state index in [0.29, 0.717) is 5.56 Å². The summed E-state index contributed by atoms with van der Waals surface area (Å²) < 4.78 is 26.2. The molecular formula is C12H18Cl2F2N2O. The molecule has 1 saturated heterocycles. The Bertz CT molecular complexity index is 415. The van der Waals surface area contributed by atoms with E-state index in [4.69, 9.17) is 0 Å². The zero-order valence-corrected chi connectivity index (χ0v) is 12.2. The van der Waals surface area contributed by atoms with Gasteiger partial charge in [-0.3, -0.25) is 4.90 Å². The smallest absolute Gasteiger partial charge is 0.200 e. The van der Waals surface area contributed by atoms with Crippen LogP contribution in [-0.2, 0) is 0 Å². The van der Waals surface area contributed by atoms with Crippen molar-refractivity contribution in [2.24, 2.45) is 0 Å². The van der Waals surface area contributed by atoms with Gasteiger partial charge in [0.2, 0.25) is 5.82 Å². The summed E-state index contributed by atoms with van der Waals surface area (Å²) in [7, 11) is 0. The normalized spacial score (nSPS) is 17.2. The first-order chi connectivity index (χ1) is 8.11. The summed E-state index contributed by atoms with van der Waals surface area (Å²) >= 11 is 0. The molecule has 0 spiro atoms. The summed E-state index contributed by atoms with van der Waals surface area (Å²) in [6.45, 7) is 5.29. The lowest BCUT2D eigenvalue weighted by Crippen LogP contribution is -2.44. The molecule has 110 valence electrons. The van der Waals surface area contributed by atoms with Gasteiger partial charge in [-0.25, -0.2) is 4.39 Å². The second kappa shape index (κ2) is 7.85. The minimum absolute atomic E-state index is 0. The maximum atomic E-state index is 13.3. The minimum Gasteiger partial charge on any atom is -0.505 e. The fraction of sp³-hybridized carbons (Fsp3) is 0.500. The first kappa shape index (κ1) is 18.4. The summed E-state index contributed by atoms with van der Waals surface area (Å²) in [5.41, 5.74) is 0.436. The fourth-order valence-electron chi connectivity index (χ4n) is 2.16. The number of hydrogen-bond donors (Lipinski definition) is 2. The molecule has 0 amide bonds. The van der Waals surface area contributed by atoms with Crippen LogP contribution in [0.4, 0.5) is 8.78 Å². The quantitative estimate of drug-likeness (QED) is 0.880. The Balaban J connectivity index is 0.00000162. The molecule has 0 radical (unpaired) electrons. The van der Waals surface area contributed by atoms with Crippen LogP contribution in [-0.4, -0.2) is 36.2 Å².